The largest absolute Gasteiger partial charge is 0.360 e. The van der Waals surface area contributed by atoms with Gasteiger partial charge < -0.3 is 20.0 Å². The minimum absolute atomic E-state index is 0.805. The molecule has 2 heterocycles. The summed E-state index contributed by atoms with van der Waals surface area (Å²) in [5.74, 6) is 0.994. The predicted octanol–water partition coefficient (Wildman–Crippen LogP) is 2.71. The Balaban J connectivity index is 1.52. The van der Waals surface area contributed by atoms with E-state index >= 15 is 0 Å². The van der Waals surface area contributed by atoms with E-state index in [1.807, 2.05) is 18.4 Å². The Morgan fingerprint density at radius 2 is 1.88 bits per heavy atom. The average Bonchev–Trinajstić information content (AvgIpc) is 3.17. The van der Waals surface area contributed by atoms with Crippen LogP contribution in [0.25, 0.3) is 0 Å². The molecule has 5 nitrogen and oxygen atoms in total. The van der Waals surface area contributed by atoms with Gasteiger partial charge in [0.05, 0.1) is 5.00 Å². The maximum atomic E-state index is 4.49. The minimum Gasteiger partial charge on any atom is -0.360 e. The summed E-state index contributed by atoms with van der Waals surface area (Å²) < 4.78 is 0. The molecule has 1 aliphatic heterocycles. The molecule has 0 atom stereocenters. The summed E-state index contributed by atoms with van der Waals surface area (Å²) in [5, 5.41) is 7.04. The zero-order chi connectivity index (χ0) is 18.4. The number of benzene rings is 1. The normalized spacial score (nSPS) is 15.6. The highest BCUT2D eigenvalue weighted by molar-refractivity contribution is 7.14. The number of nitrogens with zero attached hydrogens (tertiary/aromatic N) is 4. The third-order valence-corrected chi connectivity index (χ3v) is 5.48. The highest BCUT2D eigenvalue weighted by Gasteiger charge is 2.20. The van der Waals surface area contributed by atoms with E-state index in [4.69, 9.17) is 0 Å². The molecule has 0 unspecified atom stereocenters. The predicted molar refractivity (Wildman–Crippen MR) is 112 cm³/mol. The number of hydrogen-bond acceptors (Lipinski definition) is 4. The number of hydrogen-bond donors (Lipinski definition) is 1. The minimum atomic E-state index is 0.805. The van der Waals surface area contributed by atoms with Gasteiger partial charge in [-0.25, -0.2) is 0 Å². The van der Waals surface area contributed by atoms with E-state index < -0.39 is 0 Å². The summed E-state index contributed by atoms with van der Waals surface area (Å²) in [4.78, 5) is 11.5. The standard InChI is InChI=1S/C20H29N5S/c1-21-20(22-15-17-6-4-7-18(14-17)16-23(2)3)25-11-9-24(10-12-25)19-8-5-13-26-19/h4-8,13-14H,9-12,15-16H2,1-3H3,(H,21,22). The number of guanidine groups is 1. The van der Waals surface area contributed by atoms with Crippen molar-refractivity contribution in [1.29, 1.82) is 0 Å². The van der Waals surface area contributed by atoms with Crippen molar-refractivity contribution in [2.24, 2.45) is 4.99 Å². The van der Waals surface area contributed by atoms with Crippen LogP contribution in [0.1, 0.15) is 11.1 Å². The molecule has 0 spiro atoms. The quantitative estimate of drug-likeness (QED) is 0.647. The molecule has 0 bridgehead atoms. The first-order valence-corrected chi connectivity index (χ1v) is 10.0. The van der Waals surface area contributed by atoms with Gasteiger partial charge in [-0.3, -0.25) is 4.99 Å². The number of rotatable bonds is 5. The first-order valence-electron chi connectivity index (χ1n) is 9.12. The van der Waals surface area contributed by atoms with Gasteiger partial charge in [0, 0.05) is 46.3 Å². The van der Waals surface area contributed by atoms with E-state index in [9.17, 15) is 0 Å². The van der Waals surface area contributed by atoms with Gasteiger partial charge in [0.15, 0.2) is 5.96 Å². The topological polar surface area (TPSA) is 34.1 Å². The second-order valence-corrected chi connectivity index (χ2v) is 7.81. The summed E-state index contributed by atoms with van der Waals surface area (Å²) in [6.45, 7) is 5.85. The molecular weight excluding hydrogens is 342 g/mol. The maximum Gasteiger partial charge on any atom is 0.194 e. The third-order valence-electron chi connectivity index (χ3n) is 4.55. The van der Waals surface area contributed by atoms with Crippen LogP contribution in [0, 0.1) is 0 Å². The van der Waals surface area contributed by atoms with Crippen molar-refractivity contribution < 1.29 is 0 Å². The summed E-state index contributed by atoms with van der Waals surface area (Å²) >= 11 is 1.82. The fraction of sp³-hybridized carbons (Fsp3) is 0.450. The average molecular weight is 372 g/mol. The number of aliphatic imine (C=N–C) groups is 1. The van der Waals surface area contributed by atoms with Gasteiger partial charge in [-0.15, -0.1) is 11.3 Å². The molecule has 2 aromatic rings. The van der Waals surface area contributed by atoms with Crippen molar-refractivity contribution in [1.82, 2.24) is 15.1 Å². The van der Waals surface area contributed by atoms with Crippen LogP contribution in [-0.4, -0.2) is 63.1 Å². The first kappa shape index (κ1) is 18.7. The van der Waals surface area contributed by atoms with Crippen LogP contribution in [-0.2, 0) is 13.1 Å². The Labute approximate surface area is 160 Å². The SMILES string of the molecule is CN=C(NCc1cccc(CN(C)C)c1)N1CCN(c2cccs2)CC1. The monoisotopic (exact) mass is 371 g/mol. The molecule has 3 rings (SSSR count). The van der Waals surface area contributed by atoms with Gasteiger partial charge in [0.1, 0.15) is 0 Å². The fourth-order valence-corrected chi connectivity index (χ4v) is 4.09. The van der Waals surface area contributed by atoms with Gasteiger partial charge in [-0.1, -0.05) is 24.3 Å². The number of thiophene rings is 1. The smallest absolute Gasteiger partial charge is 0.194 e. The summed E-state index contributed by atoms with van der Waals surface area (Å²) in [6.07, 6.45) is 0. The third kappa shape index (κ3) is 4.99. The lowest BCUT2D eigenvalue weighted by molar-refractivity contribution is 0.373. The van der Waals surface area contributed by atoms with Crippen LogP contribution in [0.3, 0.4) is 0 Å². The molecule has 0 aliphatic carbocycles. The van der Waals surface area contributed by atoms with Gasteiger partial charge in [0.2, 0.25) is 0 Å². The molecule has 140 valence electrons. The van der Waals surface area contributed by atoms with Crippen LogP contribution < -0.4 is 10.2 Å². The highest BCUT2D eigenvalue weighted by atomic mass is 32.1. The van der Waals surface area contributed by atoms with Crippen molar-refractivity contribution in [3.05, 3.63) is 52.9 Å². The fourth-order valence-electron chi connectivity index (χ4n) is 3.30. The van der Waals surface area contributed by atoms with Gasteiger partial charge in [-0.2, -0.15) is 0 Å². The molecule has 1 aliphatic rings. The van der Waals surface area contributed by atoms with E-state index in [-0.39, 0.29) is 0 Å². The number of anilines is 1. The van der Waals surface area contributed by atoms with Crippen molar-refractivity contribution in [3.8, 4) is 0 Å². The van der Waals surface area contributed by atoms with Gasteiger partial charge in [0.25, 0.3) is 0 Å². The van der Waals surface area contributed by atoms with Gasteiger partial charge >= 0.3 is 0 Å². The van der Waals surface area contributed by atoms with Crippen molar-refractivity contribution in [3.63, 3.8) is 0 Å². The molecule has 0 radical (unpaired) electrons. The second kappa shape index (κ2) is 9.05. The van der Waals surface area contributed by atoms with Crippen LogP contribution in [0.4, 0.5) is 5.00 Å². The number of piperazine rings is 1. The molecule has 1 saturated heterocycles. The summed E-state index contributed by atoms with van der Waals surface area (Å²) in [5.41, 5.74) is 2.64. The Morgan fingerprint density at radius 3 is 2.54 bits per heavy atom. The Hall–Kier alpha value is -2.05. The molecule has 0 amide bonds. The van der Waals surface area contributed by atoms with Crippen LogP contribution in [0.5, 0.6) is 0 Å². The van der Waals surface area contributed by atoms with E-state index in [1.165, 1.54) is 16.1 Å². The van der Waals surface area contributed by atoms with E-state index in [1.54, 1.807) is 0 Å². The summed E-state index contributed by atoms with van der Waals surface area (Å²) in [7, 11) is 6.07. The van der Waals surface area contributed by atoms with Crippen LogP contribution in [0.15, 0.2) is 46.8 Å². The zero-order valence-corrected chi connectivity index (χ0v) is 16.8. The molecule has 1 aromatic carbocycles. The molecule has 6 heteroatoms. The van der Waals surface area contributed by atoms with Crippen LogP contribution >= 0.6 is 11.3 Å². The lowest BCUT2D eigenvalue weighted by Crippen LogP contribution is -2.52. The van der Waals surface area contributed by atoms with Crippen molar-refractivity contribution in [2.75, 3.05) is 52.2 Å². The second-order valence-electron chi connectivity index (χ2n) is 6.88. The van der Waals surface area contributed by atoms with E-state index in [0.717, 1.165) is 45.2 Å². The molecule has 1 fully saturated rings. The number of nitrogens with one attached hydrogen (secondary N) is 1. The first-order chi connectivity index (χ1) is 12.7. The molecule has 0 saturated carbocycles. The highest BCUT2D eigenvalue weighted by Crippen LogP contribution is 2.22. The van der Waals surface area contributed by atoms with Gasteiger partial charge in [-0.05, 0) is 42.7 Å². The molecule has 1 aromatic heterocycles. The van der Waals surface area contributed by atoms with Crippen molar-refractivity contribution >= 4 is 22.3 Å². The van der Waals surface area contributed by atoms with Crippen LogP contribution in [0.2, 0.25) is 0 Å². The Morgan fingerprint density at radius 1 is 1.12 bits per heavy atom. The zero-order valence-electron chi connectivity index (χ0n) is 16.0. The molecule has 26 heavy (non-hydrogen) atoms. The Kier molecular flexibility index (Phi) is 6.52. The lowest BCUT2D eigenvalue weighted by Gasteiger charge is -2.37. The summed E-state index contributed by atoms with van der Waals surface area (Å²) in [6, 6.07) is 13.1. The van der Waals surface area contributed by atoms with E-state index in [0.29, 0.717) is 0 Å². The lowest BCUT2D eigenvalue weighted by atomic mass is 10.1. The molecule has 1 N–H and O–H groups in total. The molecular formula is C20H29N5S. The van der Waals surface area contributed by atoms with E-state index in [2.05, 4.69) is 80.9 Å². The maximum absolute atomic E-state index is 4.49. The van der Waals surface area contributed by atoms with Crippen molar-refractivity contribution in [2.45, 2.75) is 13.1 Å². The Bertz CT molecular complexity index is 703.